The predicted octanol–water partition coefficient (Wildman–Crippen LogP) is 5.34. The van der Waals surface area contributed by atoms with Crippen LogP contribution in [0.5, 0.6) is 0 Å². The van der Waals surface area contributed by atoms with Gasteiger partial charge in [-0.25, -0.2) is 9.97 Å². The molecule has 0 saturated heterocycles. The third kappa shape index (κ3) is 3.40. The summed E-state index contributed by atoms with van der Waals surface area (Å²) in [5.41, 5.74) is 0.585. The van der Waals surface area contributed by atoms with Crippen molar-refractivity contribution in [1.82, 2.24) is 20.2 Å². The zero-order chi connectivity index (χ0) is 19.9. The highest BCUT2D eigenvalue weighted by molar-refractivity contribution is 6.42. The molecule has 4 rings (SSSR count). The second-order valence-corrected chi connectivity index (χ2v) is 7.15. The van der Waals surface area contributed by atoms with Crippen molar-refractivity contribution in [2.24, 2.45) is 0 Å². The van der Waals surface area contributed by atoms with E-state index in [1.54, 1.807) is 6.07 Å². The smallest absolute Gasteiger partial charge is 0.413 e. The van der Waals surface area contributed by atoms with E-state index in [0.29, 0.717) is 16.0 Å². The van der Waals surface area contributed by atoms with E-state index in [0.717, 1.165) is 24.8 Å². The third-order valence-electron chi connectivity index (χ3n) is 4.59. The number of halogens is 5. The van der Waals surface area contributed by atoms with Crippen LogP contribution in [0.15, 0.2) is 35.0 Å². The SMILES string of the molecule is FC(F)(F)c1nnc(-c2cnc(NC3(c4cccc(Cl)c4Cl)CCC3)nc2)o1. The van der Waals surface area contributed by atoms with Crippen LogP contribution in [0, 0.1) is 0 Å². The number of nitrogens with one attached hydrogen (secondary N) is 1. The molecule has 0 atom stereocenters. The highest BCUT2D eigenvalue weighted by atomic mass is 35.5. The number of anilines is 1. The van der Waals surface area contributed by atoms with Crippen molar-refractivity contribution < 1.29 is 17.6 Å². The highest BCUT2D eigenvalue weighted by Gasteiger charge is 2.41. The molecule has 1 N–H and O–H groups in total. The van der Waals surface area contributed by atoms with Crippen LogP contribution in [0.2, 0.25) is 10.0 Å². The molecule has 0 bridgehead atoms. The average Bonchev–Trinajstić information content (AvgIpc) is 3.12. The summed E-state index contributed by atoms with van der Waals surface area (Å²) in [7, 11) is 0. The summed E-state index contributed by atoms with van der Waals surface area (Å²) >= 11 is 12.5. The first-order valence-electron chi connectivity index (χ1n) is 8.24. The molecule has 2 heterocycles. The first-order valence-corrected chi connectivity index (χ1v) is 9.00. The first-order chi connectivity index (χ1) is 13.3. The van der Waals surface area contributed by atoms with E-state index in [9.17, 15) is 13.2 Å². The molecule has 0 aliphatic heterocycles. The van der Waals surface area contributed by atoms with Gasteiger partial charge in [-0.2, -0.15) is 13.2 Å². The second-order valence-electron chi connectivity index (χ2n) is 6.37. The summed E-state index contributed by atoms with van der Waals surface area (Å²) in [5, 5.41) is 10.6. The lowest BCUT2D eigenvalue weighted by atomic mass is 9.72. The van der Waals surface area contributed by atoms with E-state index in [4.69, 9.17) is 23.2 Å². The number of alkyl halides is 3. The van der Waals surface area contributed by atoms with E-state index >= 15 is 0 Å². The van der Waals surface area contributed by atoms with Gasteiger partial charge in [-0.05, 0) is 30.9 Å². The van der Waals surface area contributed by atoms with Crippen molar-refractivity contribution in [3.8, 4) is 11.5 Å². The van der Waals surface area contributed by atoms with Gasteiger partial charge < -0.3 is 9.73 Å². The minimum atomic E-state index is -4.71. The van der Waals surface area contributed by atoms with Crippen LogP contribution in [0.25, 0.3) is 11.5 Å². The summed E-state index contributed by atoms with van der Waals surface area (Å²) in [4.78, 5) is 8.33. The van der Waals surface area contributed by atoms with Gasteiger partial charge in [0.05, 0.1) is 21.1 Å². The molecule has 6 nitrogen and oxygen atoms in total. The predicted molar refractivity (Wildman–Crippen MR) is 95.9 cm³/mol. The lowest BCUT2D eigenvalue weighted by Crippen LogP contribution is -2.42. The molecule has 0 radical (unpaired) electrons. The number of nitrogens with zero attached hydrogens (tertiary/aromatic N) is 4. The Hall–Kier alpha value is -2.39. The fourth-order valence-corrected chi connectivity index (χ4v) is 3.52. The average molecular weight is 430 g/mol. The van der Waals surface area contributed by atoms with Crippen molar-refractivity contribution in [2.75, 3.05) is 5.32 Å². The molecule has 1 aliphatic rings. The third-order valence-corrected chi connectivity index (χ3v) is 5.41. The summed E-state index contributed by atoms with van der Waals surface area (Å²) in [6.45, 7) is 0. The molecule has 3 aromatic rings. The van der Waals surface area contributed by atoms with E-state index in [2.05, 4.69) is 29.9 Å². The molecule has 0 spiro atoms. The lowest BCUT2D eigenvalue weighted by molar-refractivity contribution is -0.156. The van der Waals surface area contributed by atoms with Crippen molar-refractivity contribution in [1.29, 1.82) is 0 Å². The van der Waals surface area contributed by atoms with Crippen LogP contribution in [0.4, 0.5) is 19.1 Å². The number of hydrogen-bond acceptors (Lipinski definition) is 6. The molecular formula is C17H12Cl2F3N5O. The van der Waals surface area contributed by atoms with Gasteiger partial charge in [0.1, 0.15) is 0 Å². The summed E-state index contributed by atoms with van der Waals surface area (Å²) in [6, 6.07) is 5.43. The number of aromatic nitrogens is 4. The maximum atomic E-state index is 12.6. The van der Waals surface area contributed by atoms with Crippen LogP contribution in [0.1, 0.15) is 30.7 Å². The molecule has 1 aliphatic carbocycles. The number of benzene rings is 1. The van der Waals surface area contributed by atoms with Gasteiger partial charge in [0, 0.05) is 12.4 Å². The molecule has 1 fully saturated rings. The molecule has 1 saturated carbocycles. The van der Waals surface area contributed by atoms with Gasteiger partial charge in [0.2, 0.25) is 5.95 Å². The monoisotopic (exact) mass is 429 g/mol. The van der Waals surface area contributed by atoms with Gasteiger partial charge in [-0.15, -0.1) is 10.2 Å². The second kappa shape index (κ2) is 6.89. The Bertz CT molecular complexity index is 1000. The van der Waals surface area contributed by atoms with Crippen LogP contribution in [-0.4, -0.2) is 20.2 Å². The minimum absolute atomic E-state index is 0.178. The number of rotatable bonds is 4. The zero-order valence-corrected chi connectivity index (χ0v) is 15.6. The molecule has 1 aromatic carbocycles. The van der Waals surface area contributed by atoms with E-state index in [-0.39, 0.29) is 11.5 Å². The molecular weight excluding hydrogens is 418 g/mol. The quantitative estimate of drug-likeness (QED) is 0.602. The van der Waals surface area contributed by atoms with Crippen LogP contribution in [-0.2, 0) is 11.7 Å². The van der Waals surface area contributed by atoms with Gasteiger partial charge in [-0.3, -0.25) is 0 Å². The van der Waals surface area contributed by atoms with Crippen LogP contribution in [0.3, 0.4) is 0 Å². The number of hydrogen-bond donors (Lipinski definition) is 1. The van der Waals surface area contributed by atoms with E-state index in [1.165, 1.54) is 12.4 Å². The molecule has 2 aromatic heterocycles. The van der Waals surface area contributed by atoms with Gasteiger partial charge in [0.15, 0.2) is 0 Å². The molecule has 0 unspecified atom stereocenters. The van der Waals surface area contributed by atoms with Crippen molar-refractivity contribution in [2.45, 2.75) is 31.0 Å². The molecule has 146 valence electrons. The van der Waals surface area contributed by atoms with Gasteiger partial charge >= 0.3 is 12.1 Å². The van der Waals surface area contributed by atoms with E-state index in [1.807, 2.05) is 12.1 Å². The first kappa shape index (κ1) is 18.9. The Morgan fingerprint density at radius 2 is 1.79 bits per heavy atom. The Morgan fingerprint density at radius 3 is 2.36 bits per heavy atom. The van der Waals surface area contributed by atoms with Crippen molar-refractivity contribution in [3.63, 3.8) is 0 Å². The normalized spacial score (nSPS) is 15.9. The minimum Gasteiger partial charge on any atom is -0.413 e. The Labute approximate surface area is 167 Å². The fourth-order valence-electron chi connectivity index (χ4n) is 3.04. The Kier molecular flexibility index (Phi) is 4.67. The topological polar surface area (TPSA) is 76.7 Å². The van der Waals surface area contributed by atoms with Crippen LogP contribution >= 0.6 is 23.2 Å². The standard InChI is InChI=1S/C17H12Cl2F3N5O/c18-11-4-1-3-10(12(11)19)16(5-2-6-16)25-15-23-7-9(8-24-15)13-26-27-14(28-13)17(20,21)22/h1,3-4,7-8H,2,5-6H2,(H,23,24,25). The fraction of sp³-hybridized carbons (Fsp3) is 0.294. The van der Waals surface area contributed by atoms with E-state index < -0.39 is 17.6 Å². The summed E-state index contributed by atoms with van der Waals surface area (Å²) in [5.74, 6) is -1.43. The molecule has 28 heavy (non-hydrogen) atoms. The van der Waals surface area contributed by atoms with Crippen molar-refractivity contribution >= 4 is 29.2 Å². The molecule has 0 amide bonds. The van der Waals surface area contributed by atoms with Gasteiger partial charge in [-0.1, -0.05) is 35.3 Å². The highest BCUT2D eigenvalue weighted by Crippen LogP contribution is 2.47. The Morgan fingerprint density at radius 1 is 1.07 bits per heavy atom. The maximum absolute atomic E-state index is 12.6. The summed E-state index contributed by atoms with van der Waals surface area (Å²) in [6.07, 6.45) is 0.550. The largest absolute Gasteiger partial charge is 0.470 e. The van der Waals surface area contributed by atoms with Gasteiger partial charge in [0.25, 0.3) is 5.89 Å². The molecule has 11 heteroatoms. The summed E-state index contributed by atoms with van der Waals surface area (Å²) < 4.78 is 42.4. The lowest BCUT2D eigenvalue weighted by Gasteiger charge is -2.43. The zero-order valence-electron chi connectivity index (χ0n) is 14.1. The maximum Gasteiger partial charge on any atom is 0.470 e. The van der Waals surface area contributed by atoms with Crippen LogP contribution < -0.4 is 5.32 Å². The Balaban J connectivity index is 1.57. The van der Waals surface area contributed by atoms with Crippen molar-refractivity contribution in [3.05, 3.63) is 52.1 Å².